The van der Waals surface area contributed by atoms with Crippen LogP contribution in [0.1, 0.15) is 19.3 Å². The van der Waals surface area contributed by atoms with Crippen LogP contribution in [0, 0.1) is 11.3 Å². The van der Waals surface area contributed by atoms with E-state index in [0.29, 0.717) is 5.92 Å². The van der Waals surface area contributed by atoms with Crippen LogP contribution in [-0.4, -0.2) is 64.8 Å². The normalized spacial score (nSPS) is 28.7. The highest BCUT2D eigenvalue weighted by Gasteiger charge is 2.58. The molecule has 5 unspecified atom stereocenters. The molecule has 2 aliphatic heterocycles. The molecular formula is C29H32N6O2S2. The van der Waals surface area contributed by atoms with Gasteiger partial charge in [-0.1, -0.05) is 24.3 Å². The third kappa shape index (κ3) is 4.53. The third-order valence-electron chi connectivity index (χ3n) is 8.87. The van der Waals surface area contributed by atoms with Crippen molar-refractivity contribution >= 4 is 43.5 Å². The molecule has 10 heteroatoms. The summed E-state index contributed by atoms with van der Waals surface area (Å²) in [5, 5.41) is 4.09. The average molecular weight is 561 g/mol. The molecule has 2 saturated carbocycles. The molecule has 5 atom stereocenters. The molecule has 4 heterocycles. The van der Waals surface area contributed by atoms with Crippen LogP contribution in [0.3, 0.4) is 0 Å². The summed E-state index contributed by atoms with van der Waals surface area (Å²) in [7, 11) is -2.26. The monoisotopic (exact) mass is 560 g/mol. The SMILES string of the molecule is NC12CC1CN(S(=O)c1cccc3cnccc13)C2.NC1CN(S(=O)c2cccc3cnccc23)CC12CC2. The number of fused-ring (bicyclic) bond motifs is 3. The van der Waals surface area contributed by atoms with Crippen LogP contribution in [0.25, 0.3) is 21.5 Å². The minimum Gasteiger partial charge on any atom is -0.326 e. The van der Waals surface area contributed by atoms with Gasteiger partial charge in [0, 0.05) is 89.5 Å². The Hall–Kier alpha value is -2.60. The second-order valence-corrected chi connectivity index (χ2v) is 14.4. The van der Waals surface area contributed by atoms with Gasteiger partial charge in [-0.3, -0.25) is 9.97 Å². The molecule has 0 bridgehead atoms. The van der Waals surface area contributed by atoms with Crippen molar-refractivity contribution in [1.29, 1.82) is 0 Å². The van der Waals surface area contributed by atoms with Gasteiger partial charge in [-0.2, -0.15) is 0 Å². The van der Waals surface area contributed by atoms with Crippen LogP contribution in [0.15, 0.2) is 83.1 Å². The standard InChI is InChI=1S/C15H17N3OS.C14H15N3OS/c16-14-9-18(10-15(14)5-6-15)20(19)13-3-1-2-11-8-17-7-4-12(11)13;15-14-6-11(14)8-17(9-14)19(18)13-3-1-2-10-7-16-5-4-12(10)13/h1-4,7-8,14H,5-6,9-10,16H2;1-5,7,11H,6,8-9,15H2. The Morgan fingerprint density at radius 1 is 0.795 bits per heavy atom. The lowest BCUT2D eigenvalue weighted by molar-refractivity contribution is 0.471. The number of rotatable bonds is 4. The van der Waals surface area contributed by atoms with Crippen LogP contribution in [0.5, 0.6) is 0 Å². The Bertz CT molecular complexity index is 1620. The van der Waals surface area contributed by atoms with Gasteiger partial charge in [0.1, 0.15) is 22.0 Å². The van der Waals surface area contributed by atoms with Crippen molar-refractivity contribution in [2.45, 2.75) is 40.6 Å². The van der Waals surface area contributed by atoms with Gasteiger partial charge in [0.15, 0.2) is 0 Å². The first kappa shape index (κ1) is 25.4. The number of hydrogen-bond donors (Lipinski definition) is 2. The molecule has 4 fully saturated rings. The Labute approximate surface area is 233 Å². The first-order valence-electron chi connectivity index (χ1n) is 13.4. The molecule has 2 saturated heterocycles. The highest BCUT2D eigenvalue weighted by Crippen LogP contribution is 2.52. The zero-order chi connectivity index (χ0) is 26.8. The highest BCUT2D eigenvalue weighted by molar-refractivity contribution is 7.83. The summed E-state index contributed by atoms with van der Waals surface area (Å²) in [5.74, 6) is 0.535. The van der Waals surface area contributed by atoms with Gasteiger partial charge in [0.25, 0.3) is 0 Å². The first-order chi connectivity index (χ1) is 18.9. The van der Waals surface area contributed by atoms with E-state index in [2.05, 4.69) is 9.97 Å². The smallest absolute Gasteiger partial charge is 0.128 e. The second-order valence-electron chi connectivity index (χ2n) is 11.5. The Balaban J connectivity index is 0.000000130. The lowest BCUT2D eigenvalue weighted by atomic mass is 10.0. The molecule has 4 aliphatic rings. The van der Waals surface area contributed by atoms with E-state index in [4.69, 9.17) is 11.5 Å². The maximum Gasteiger partial charge on any atom is 0.128 e. The van der Waals surface area contributed by atoms with E-state index in [1.807, 2.05) is 69.5 Å². The lowest BCUT2D eigenvalue weighted by Gasteiger charge is -2.18. The summed E-state index contributed by atoms with van der Waals surface area (Å²) in [6.07, 6.45) is 10.6. The van der Waals surface area contributed by atoms with Crippen molar-refractivity contribution in [2.24, 2.45) is 22.8 Å². The van der Waals surface area contributed by atoms with Crippen molar-refractivity contribution in [3.05, 3.63) is 73.3 Å². The van der Waals surface area contributed by atoms with Gasteiger partial charge in [-0.05, 0) is 49.4 Å². The summed E-state index contributed by atoms with van der Waals surface area (Å²) in [5.41, 5.74) is 12.6. The van der Waals surface area contributed by atoms with Gasteiger partial charge >= 0.3 is 0 Å². The maximum atomic E-state index is 12.9. The van der Waals surface area contributed by atoms with Crippen molar-refractivity contribution < 1.29 is 8.42 Å². The molecule has 0 amide bonds. The Kier molecular flexibility index (Phi) is 6.18. The van der Waals surface area contributed by atoms with Gasteiger partial charge < -0.3 is 11.5 Å². The van der Waals surface area contributed by atoms with Crippen molar-refractivity contribution in [3.63, 3.8) is 0 Å². The molecule has 2 aliphatic carbocycles. The molecule has 4 N–H and O–H groups in total. The number of benzene rings is 2. The molecule has 2 aromatic heterocycles. The molecule has 2 aromatic carbocycles. The Morgan fingerprint density at radius 2 is 1.36 bits per heavy atom. The molecule has 39 heavy (non-hydrogen) atoms. The summed E-state index contributed by atoms with van der Waals surface area (Å²) in [6, 6.07) is 15.8. The van der Waals surface area contributed by atoms with E-state index in [-0.39, 0.29) is 17.0 Å². The largest absolute Gasteiger partial charge is 0.326 e. The number of nitrogens with zero attached hydrogens (tertiary/aromatic N) is 4. The lowest BCUT2D eigenvalue weighted by Crippen LogP contribution is -2.34. The highest BCUT2D eigenvalue weighted by atomic mass is 32.2. The van der Waals surface area contributed by atoms with E-state index in [9.17, 15) is 8.42 Å². The topological polar surface area (TPSA) is 118 Å². The molecule has 202 valence electrons. The Morgan fingerprint density at radius 3 is 1.85 bits per heavy atom. The minimum absolute atomic E-state index is 0.0677. The van der Waals surface area contributed by atoms with Crippen LogP contribution in [-0.2, 0) is 22.0 Å². The molecule has 8 nitrogen and oxygen atoms in total. The van der Waals surface area contributed by atoms with Crippen LogP contribution >= 0.6 is 0 Å². The number of nitrogens with two attached hydrogens (primary N) is 2. The summed E-state index contributed by atoms with van der Waals surface area (Å²) in [4.78, 5) is 9.97. The minimum atomic E-state index is -1.14. The number of hydrogen-bond acceptors (Lipinski definition) is 6. The number of piperidine rings is 1. The fourth-order valence-electron chi connectivity index (χ4n) is 6.14. The quantitative estimate of drug-likeness (QED) is 0.396. The molecular weight excluding hydrogens is 528 g/mol. The van der Waals surface area contributed by atoms with Gasteiger partial charge in [0.05, 0.1) is 9.79 Å². The second kappa shape index (κ2) is 9.50. The van der Waals surface area contributed by atoms with Crippen molar-refractivity contribution in [2.75, 3.05) is 26.2 Å². The van der Waals surface area contributed by atoms with E-state index >= 15 is 0 Å². The molecule has 4 aromatic rings. The van der Waals surface area contributed by atoms with Gasteiger partial charge in [0.2, 0.25) is 0 Å². The van der Waals surface area contributed by atoms with Gasteiger partial charge in [-0.15, -0.1) is 0 Å². The maximum absolute atomic E-state index is 12.9. The fraction of sp³-hybridized carbons (Fsp3) is 0.379. The van der Waals surface area contributed by atoms with E-state index < -0.39 is 22.0 Å². The van der Waals surface area contributed by atoms with Gasteiger partial charge in [-0.25, -0.2) is 17.0 Å². The number of pyridine rings is 2. The zero-order valence-electron chi connectivity index (χ0n) is 21.6. The first-order valence-corrected chi connectivity index (χ1v) is 15.6. The van der Waals surface area contributed by atoms with Crippen LogP contribution < -0.4 is 11.5 Å². The average Bonchev–Trinajstić information content (AvgIpc) is 3.81. The molecule has 0 radical (unpaired) electrons. The van der Waals surface area contributed by atoms with E-state index in [0.717, 1.165) is 63.9 Å². The van der Waals surface area contributed by atoms with Crippen LogP contribution in [0.4, 0.5) is 0 Å². The predicted molar refractivity (Wildman–Crippen MR) is 154 cm³/mol. The summed E-state index contributed by atoms with van der Waals surface area (Å²) < 4.78 is 29.7. The summed E-state index contributed by atoms with van der Waals surface area (Å²) in [6.45, 7) is 3.19. The third-order valence-corrected chi connectivity index (χ3v) is 11.8. The van der Waals surface area contributed by atoms with E-state index in [1.54, 1.807) is 12.4 Å². The van der Waals surface area contributed by atoms with E-state index in [1.165, 1.54) is 12.8 Å². The fourth-order valence-corrected chi connectivity index (χ4v) is 9.17. The van der Waals surface area contributed by atoms with Crippen LogP contribution in [0.2, 0.25) is 0 Å². The molecule has 8 rings (SSSR count). The zero-order valence-corrected chi connectivity index (χ0v) is 23.2. The predicted octanol–water partition coefficient (Wildman–Crippen LogP) is 2.97. The van der Waals surface area contributed by atoms with Crippen molar-refractivity contribution in [3.8, 4) is 0 Å². The molecule has 1 spiro atoms. The summed E-state index contributed by atoms with van der Waals surface area (Å²) >= 11 is 0. The van der Waals surface area contributed by atoms with Crippen molar-refractivity contribution in [1.82, 2.24) is 18.6 Å². The number of aromatic nitrogens is 2.